The summed E-state index contributed by atoms with van der Waals surface area (Å²) >= 11 is 0. The van der Waals surface area contributed by atoms with E-state index in [0.29, 0.717) is 17.2 Å². The molecular formula is C25H19N5O5S2. The monoisotopic (exact) mass is 533 g/mol. The van der Waals surface area contributed by atoms with E-state index in [9.17, 15) is 16.8 Å². The lowest BCUT2D eigenvalue weighted by Crippen LogP contribution is -2.15. The van der Waals surface area contributed by atoms with Gasteiger partial charge in [-0.15, -0.1) is 0 Å². The molecule has 2 aromatic heterocycles. The molecule has 0 aliphatic carbocycles. The second-order valence-electron chi connectivity index (χ2n) is 7.73. The molecule has 0 amide bonds. The third-order valence-corrected chi connectivity index (χ3v) is 7.93. The summed E-state index contributed by atoms with van der Waals surface area (Å²) in [6.07, 6.45) is 4.42. The van der Waals surface area contributed by atoms with Gasteiger partial charge in [0.05, 0.1) is 16.0 Å². The third kappa shape index (κ3) is 5.50. The topological polar surface area (TPSA) is 144 Å². The van der Waals surface area contributed by atoms with E-state index in [1.54, 1.807) is 24.4 Å². The maximum Gasteiger partial charge on any atom is 0.264 e. The van der Waals surface area contributed by atoms with Gasteiger partial charge in [0.1, 0.15) is 0 Å². The van der Waals surface area contributed by atoms with Gasteiger partial charge in [-0.2, -0.15) is 0 Å². The summed E-state index contributed by atoms with van der Waals surface area (Å²) in [5.74, 6) is 0.893. The molecule has 0 radical (unpaired) electrons. The first kappa shape index (κ1) is 24.2. The van der Waals surface area contributed by atoms with Crippen molar-refractivity contribution in [3.8, 4) is 22.8 Å². The molecule has 0 spiro atoms. The van der Waals surface area contributed by atoms with Crippen molar-refractivity contribution >= 4 is 31.7 Å². The van der Waals surface area contributed by atoms with Gasteiger partial charge in [0.2, 0.25) is 11.8 Å². The van der Waals surface area contributed by atoms with Gasteiger partial charge in [-0.3, -0.25) is 4.72 Å². The minimum atomic E-state index is -3.94. The lowest BCUT2D eigenvalue weighted by Gasteiger charge is -2.10. The van der Waals surface area contributed by atoms with Crippen molar-refractivity contribution in [3.63, 3.8) is 0 Å². The highest BCUT2D eigenvalue weighted by Crippen LogP contribution is 2.27. The minimum absolute atomic E-state index is 0.0191. The molecule has 0 fully saturated rings. The number of nitrogens with zero attached hydrogens (tertiary/aromatic N) is 3. The van der Waals surface area contributed by atoms with E-state index < -0.39 is 20.0 Å². The number of benzene rings is 3. The summed E-state index contributed by atoms with van der Waals surface area (Å²) in [4.78, 5) is 11.9. The molecule has 12 heteroatoms. The van der Waals surface area contributed by atoms with E-state index in [2.05, 4.69) is 24.4 Å². The molecule has 5 aromatic rings. The van der Waals surface area contributed by atoms with E-state index in [-0.39, 0.29) is 21.4 Å². The molecule has 0 aliphatic heterocycles. The highest BCUT2D eigenvalue weighted by Gasteiger charge is 2.18. The van der Waals surface area contributed by atoms with Crippen LogP contribution in [0.3, 0.4) is 0 Å². The van der Waals surface area contributed by atoms with Gasteiger partial charge in [0.25, 0.3) is 20.0 Å². The summed E-state index contributed by atoms with van der Waals surface area (Å²) in [7, 11) is -7.87. The smallest absolute Gasteiger partial charge is 0.264 e. The maximum absolute atomic E-state index is 12.9. The van der Waals surface area contributed by atoms with Gasteiger partial charge in [-0.1, -0.05) is 30.3 Å². The fraction of sp³-hybridized carbons (Fsp3) is 0. The Bertz CT molecular complexity index is 1720. The van der Waals surface area contributed by atoms with Crippen LogP contribution in [-0.2, 0) is 20.0 Å². The Morgan fingerprint density at radius 1 is 0.595 bits per heavy atom. The maximum atomic E-state index is 12.9. The molecule has 2 N–H and O–H groups in total. The zero-order chi connectivity index (χ0) is 25.9. The number of hydrogen-bond donors (Lipinski definition) is 2. The summed E-state index contributed by atoms with van der Waals surface area (Å²) in [5.41, 5.74) is 1.69. The van der Waals surface area contributed by atoms with Gasteiger partial charge in [-0.05, 0) is 54.6 Å². The number of sulfonamides is 2. The van der Waals surface area contributed by atoms with Crippen molar-refractivity contribution in [1.82, 2.24) is 15.0 Å². The molecule has 10 nitrogen and oxygen atoms in total. The SMILES string of the molecule is O=S(=O)(Nc1ccc(S(=O)(=O)Nc2ncccn2)cc1)c1ccc(-c2ncc(-c3ccccc3)o2)cc1. The van der Waals surface area contributed by atoms with E-state index >= 15 is 0 Å². The van der Waals surface area contributed by atoms with Crippen molar-refractivity contribution < 1.29 is 21.3 Å². The molecular weight excluding hydrogens is 514 g/mol. The number of aromatic nitrogens is 3. The van der Waals surface area contributed by atoms with Crippen LogP contribution in [0.15, 0.2) is 118 Å². The molecule has 0 bridgehead atoms. The third-order valence-electron chi connectivity index (χ3n) is 5.18. The molecule has 186 valence electrons. The van der Waals surface area contributed by atoms with Crippen molar-refractivity contribution in [1.29, 1.82) is 0 Å². The van der Waals surface area contributed by atoms with Crippen molar-refractivity contribution in [2.24, 2.45) is 0 Å². The van der Waals surface area contributed by atoms with Crippen LogP contribution < -0.4 is 9.44 Å². The summed E-state index contributed by atoms with van der Waals surface area (Å²) < 4.78 is 61.3. The molecule has 0 unspecified atom stereocenters. The normalized spacial score (nSPS) is 11.7. The standard InChI is InChI=1S/C25H19N5O5S2/c31-36(32,29-20-9-13-22(14-10-20)37(33,34)30-25-26-15-4-16-27-25)21-11-7-19(8-12-21)24-28-17-23(35-24)18-5-2-1-3-6-18/h1-17,29H,(H,26,27,30). The molecule has 0 atom stereocenters. The first-order chi connectivity index (χ1) is 17.8. The Kier molecular flexibility index (Phi) is 6.42. The molecule has 2 heterocycles. The van der Waals surface area contributed by atoms with Crippen LogP contribution in [0, 0.1) is 0 Å². The highest BCUT2D eigenvalue weighted by atomic mass is 32.2. The van der Waals surface area contributed by atoms with Crippen molar-refractivity contribution in [2.75, 3.05) is 9.44 Å². The molecule has 3 aromatic carbocycles. The lowest BCUT2D eigenvalue weighted by molar-refractivity contribution is 0.588. The number of nitrogens with one attached hydrogen (secondary N) is 2. The van der Waals surface area contributed by atoms with E-state index in [1.807, 2.05) is 30.3 Å². The Balaban J connectivity index is 1.29. The second-order valence-corrected chi connectivity index (χ2v) is 11.1. The lowest BCUT2D eigenvalue weighted by atomic mass is 10.2. The highest BCUT2D eigenvalue weighted by molar-refractivity contribution is 7.93. The van der Waals surface area contributed by atoms with Crippen LogP contribution >= 0.6 is 0 Å². The average Bonchev–Trinajstić information content (AvgIpc) is 3.40. The van der Waals surface area contributed by atoms with Crippen LogP contribution in [0.25, 0.3) is 22.8 Å². The summed E-state index contributed by atoms with van der Waals surface area (Å²) in [6.45, 7) is 0. The fourth-order valence-corrected chi connectivity index (χ4v) is 5.38. The van der Waals surface area contributed by atoms with Crippen LogP contribution in [0.4, 0.5) is 11.6 Å². The number of oxazole rings is 1. The summed E-state index contributed by atoms with van der Waals surface area (Å²) in [5, 5.41) is 0. The minimum Gasteiger partial charge on any atom is -0.436 e. The van der Waals surface area contributed by atoms with E-state index in [0.717, 1.165) is 5.56 Å². The zero-order valence-electron chi connectivity index (χ0n) is 19.0. The predicted octanol–water partition coefficient (Wildman–Crippen LogP) is 4.40. The Hall–Kier alpha value is -4.55. The Labute approximate surface area is 213 Å². The number of hydrogen-bond acceptors (Lipinski definition) is 8. The summed E-state index contributed by atoms with van der Waals surface area (Å²) in [6, 6.07) is 22.4. The predicted molar refractivity (Wildman–Crippen MR) is 137 cm³/mol. The Morgan fingerprint density at radius 3 is 1.84 bits per heavy atom. The van der Waals surface area contributed by atoms with Crippen molar-refractivity contribution in [3.05, 3.63) is 104 Å². The van der Waals surface area contributed by atoms with Crippen LogP contribution in [0.1, 0.15) is 0 Å². The first-order valence-electron chi connectivity index (χ1n) is 10.8. The van der Waals surface area contributed by atoms with Crippen LogP contribution in [0.5, 0.6) is 0 Å². The van der Waals surface area contributed by atoms with Crippen LogP contribution in [0.2, 0.25) is 0 Å². The van der Waals surface area contributed by atoms with E-state index in [1.165, 1.54) is 48.8 Å². The van der Waals surface area contributed by atoms with Crippen LogP contribution in [-0.4, -0.2) is 31.8 Å². The van der Waals surface area contributed by atoms with Gasteiger partial charge in [-0.25, -0.2) is 36.5 Å². The van der Waals surface area contributed by atoms with E-state index in [4.69, 9.17) is 4.42 Å². The molecule has 0 aliphatic rings. The Morgan fingerprint density at radius 2 is 1.19 bits per heavy atom. The quantitative estimate of drug-likeness (QED) is 0.299. The van der Waals surface area contributed by atoms with Gasteiger partial charge >= 0.3 is 0 Å². The van der Waals surface area contributed by atoms with Gasteiger partial charge in [0, 0.05) is 29.2 Å². The fourth-order valence-electron chi connectivity index (χ4n) is 3.37. The average molecular weight is 534 g/mol. The van der Waals surface area contributed by atoms with Gasteiger partial charge in [0.15, 0.2) is 5.76 Å². The number of anilines is 2. The zero-order valence-corrected chi connectivity index (χ0v) is 20.6. The molecule has 0 saturated heterocycles. The number of rotatable bonds is 8. The van der Waals surface area contributed by atoms with Gasteiger partial charge < -0.3 is 4.42 Å². The second kappa shape index (κ2) is 9.84. The largest absolute Gasteiger partial charge is 0.436 e. The molecule has 5 rings (SSSR count). The first-order valence-corrected chi connectivity index (χ1v) is 13.8. The molecule has 37 heavy (non-hydrogen) atoms. The molecule has 0 saturated carbocycles. The van der Waals surface area contributed by atoms with Crippen molar-refractivity contribution in [2.45, 2.75) is 9.79 Å².